The second kappa shape index (κ2) is 6.06. The minimum atomic E-state index is -0.590. The molecule has 0 bridgehead atoms. The van der Waals surface area contributed by atoms with Gasteiger partial charge in [-0.2, -0.15) is 5.26 Å². The molecule has 2 aromatic heterocycles. The monoisotopic (exact) mass is 372 g/mol. The second-order valence-electron chi connectivity index (χ2n) is 5.69. The third-order valence-electron chi connectivity index (χ3n) is 3.91. The summed E-state index contributed by atoms with van der Waals surface area (Å²) < 4.78 is 14.6. The van der Waals surface area contributed by atoms with E-state index in [0.29, 0.717) is 25.9 Å². The second-order valence-corrected chi connectivity index (χ2v) is 7.10. The molecule has 5 nitrogen and oxygen atoms in total. The molecule has 1 fully saturated rings. The van der Waals surface area contributed by atoms with Crippen molar-refractivity contribution in [2.24, 2.45) is 5.92 Å². The van der Waals surface area contributed by atoms with E-state index in [0.717, 1.165) is 30.4 Å². The van der Waals surface area contributed by atoms with Gasteiger partial charge >= 0.3 is 0 Å². The van der Waals surface area contributed by atoms with Crippen LogP contribution < -0.4 is 5.32 Å². The van der Waals surface area contributed by atoms with Crippen molar-refractivity contribution in [2.75, 3.05) is 5.32 Å². The molecule has 1 aromatic carbocycles. The topological polar surface area (TPSA) is 78.7 Å². The van der Waals surface area contributed by atoms with Gasteiger partial charge in [0.1, 0.15) is 15.2 Å². The van der Waals surface area contributed by atoms with E-state index in [1.165, 1.54) is 0 Å². The van der Waals surface area contributed by atoms with Crippen LogP contribution in [0.1, 0.15) is 18.4 Å². The summed E-state index contributed by atoms with van der Waals surface area (Å²) in [4.78, 5) is 20.3. The van der Waals surface area contributed by atoms with Crippen LogP contribution in [0, 0.1) is 23.1 Å². The SMILES string of the molecule is N#Cc1cccc(Cl)c1-c1nc2c(F)cnc(NC(=O)C3CC3)c2s1. The minimum absolute atomic E-state index is 0.00283. The molecule has 1 aliphatic carbocycles. The van der Waals surface area contributed by atoms with Gasteiger partial charge < -0.3 is 5.32 Å². The first-order chi connectivity index (χ1) is 12.1. The molecule has 0 aliphatic heterocycles. The van der Waals surface area contributed by atoms with Crippen molar-refractivity contribution >= 4 is 44.9 Å². The van der Waals surface area contributed by atoms with E-state index in [-0.39, 0.29) is 23.2 Å². The number of nitriles is 1. The summed E-state index contributed by atoms with van der Waals surface area (Å²) in [6.45, 7) is 0. The van der Waals surface area contributed by atoms with E-state index < -0.39 is 5.82 Å². The van der Waals surface area contributed by atoms with E-state index in [1.54, 1.807) is 18.2 Å². The number of carbonyl (C=O) groups excluding carboxylic acids is 1. The Morgan fingerprint density at radius 3 is 2.96 bits per heavy atom. The lowest BCUT2D eigenvalue weighted by Gasteiger charge is -2.03. The summed E-state index contributed by atoms with van der Waals surface area (Å²) in [7, 11) is 0. The van der Waals surface area contributed by atoms with Crippen molar-refractivity contribution in [2.45, 2.75) is 12.8 Å². The van der Waals surface area contributed by atoms with Gasteiger partial charge in [0.15, 0.2) is 11.6 Å². The summed E-state index contributed by atoms with van der Waals surface area (Å²) in [5.74, 6) is -0.427. The van der Waals surface area contributed by atoms with Crippen LogP contribution in [0.5, 0.6) is 0 Å². The number of hydrogen-bond donors (Lipinski definition) is 1. The summed E-state index contributed by atoms with van der Waals surface area (Å²) in [6, 6.07) is 7.00. The Bertz CT molecular complexity index is 1050. The number of carbonyl (C=O) groups is 1. The van der Waals surface area contributed by atoms with Crippen molar-refractivity contribution in [3.05, 3.63) is 40.8 Å². The van der Waals surface area contributed by atoms with Crippen LogP contribution in [0.3, 0.4) is 0 Å². The number of hydrogen-bond acceptors (Lipinski definition) is 5. The maximum atomic E-state index is 14.2. The van der Waals surface area contributed by atoms with Gasteiger partial charge in [-0.25, -0.2) is 14.4 Å². The average Bonchev–Trinajstić information content (AvgIpc) is 3.36. The van der Waals surface area contributed by atoms with Gasteiger partial charge in [0.05, 0.1) is 22.9 Å². The number of anilines is 1. The van der Waals surface area contributed by atoms with E-state index in [2.05, 4.69) is 21.4 Å². The third kappa shape index (κ3) is 2.84. The van der Waals surface area contributed by atoms with Gasteiger partial charge in [-0.15, -0.1) is 11.3 Å². The van der Waals surface area contributed by atoms with E-state index in [4.69, 9.17) is 11.6 Å². The first kappa shape index (κ1) is 15.9. The molecule has 8 heteroatoms. The van der Waals surface area contributed by atoms with Crippen LogP contribution in [0.4, 0.5) is 10.2 Å². The average molecular weight is 373 g/mol. The Labute approximate surface area is 151 Å². The Kier molecular flexibility index (Phi) is 3.86. The number of nitrogens with zero attached hydrogens (tertiary/aromatic N) is 3. The normalized spacial score (nSPS) is 13.6. The zero-order valence-corrected chi connectivity index (χ0v) is 14.3. The molecule has 1 amide bonds. The van der Waals surface area contributed by atoms with Crippen LogP contribution in [0.25, 0.3) is 20.8 Å². The highest BCUT2D eigenvalue weighted by Crippen LogP contribution is 2.39. The molecule has 0 spiro atoms. The van der Waals surface area contributed by atoms with E-state index in [9.17, 15) is 14.4 Å². The predicted molar refractivity (Wildman–Crippen MR) is 93.9 cm³/mol. The molecule has 0 radical (unpaired) electrons. The van der Waals surface area contributed by atoms with Crippen LogP contribution in [0.2, 0.25) is 5.02 Å². The summed E-state index contributed by atoms with van der Waals surface area (Å²) in [6.07, 6.45) is 2.75. The summed E-state index contributed by atoms with van der Waals surface area (Å²) in [5, 5.41) is 12.8. The first-order valence-corrected chi connectivity index (χ1v) is 8.73. The number of amides is 1. The fourth-order valence-corrected chi connectivity index (χ4v) is 3.89. The van der Waals surface area contributed by atoms with Crippen molar-refractivity contribution in [3.63, 3.8) is 0 Å². The molecule has 1 aliphatic rings. The quantitative estimate of drug-likeness (QED) is 0.740. The fourth-order valence-electron chi connectivity index (χ4n) is 2.48. The number of thiazole rings is 1. The number of fused-ring (bicyclic) bond motifs is 1. The molecule has 3 aromatic rings. The number of pyridine rings is 1. The number of nitrogens with one attached hydrogen (secondary N) is 1. The molecule has 2 heterocycles. The zero-order valence-electron chi connectivity index (χ0n) is 12.7. The number of aromatic nitrogens is 2. The van der Waals surface area contributed by atoms with Crippen LogP contribution in [-0.2, 0) is 4.79 Å². The van der Waals surface area contributed by atoms with E-state index in [1.807, 2.05) is 0 Å². The number of rotatable bonds is 3. The standard InChI is InChI=1S/C17H10ClFN4OS/c18-10-3-1-2-9(6-20)12(10)17-22-13-11(19)7-21-15(14(13)25-17)23-16(24)8-4-5-8/h1-3,7-8H,4-5H2,(H,21,23,24). The maximum absolute atomic E-state index is 14.2. The fraction of sp³-hybridized carbons (Fsp3) is 0.176. The summed E-state index contributed by atoms with van der Waals surface area (Å²) in [5.41, 5.74) is 0.903. The predicted octanol–water partition coefficient (Wildman–Crippen LogP) is 4.37. The van der Waals surface area contributed by atoms with Gasteiger partial charge in [0.2, 0.25) is 5.91 Å². The molecular formula is C17H10ClFN4OS. The van der Waals surface area contributed by atoms with Gasteiger partial charge in [-0.05, 0) is 25.0 Å². The largest absolute Gasteiger partial charge is 0.309 e. The Morgan fingerprint density at radius 2 is 2.24 bits per heavy atom. The molecule has 25 heavy (non-hydrogen) atoms. The molecule has 0 saturated heterocycles. The molecule has 124 valence electrons. The number of halogens is 2. The summed E-state index contributed by atoms with van der Waals surface area (Å²) >= 11 is 7.37. The Balaban J connectivity index is 1.87. The number of benzene rings is 1. The highest BCUT2D eigenvalue weighted by Gasteiger charge is 2.30. The lowest BCUT2D eigenvalue weighted by molar-refractivity contribution is -0.117. The Hall–Kier alpha value is -2.56. The van der Waals surface area contributed by atoms with Gasteiger partial charge in [0.25, 0.3) is 0 Å². The third-order valence-corrected chi connectivity index (χ3v) is 5.31. The molecule has 4 rings (SSSR count). The highest BCUT2D eigenvalue weighted by atomic mass is 35.5. The van der Waals surface area contributed by atoms with Crippen molar-refractivity contribution in [1.29, 1.82) is 5.26 Å². The lowest BCUT2D eigenvalue weighted by atomic mass is 10.1. The molecule has 0 unspecified atom stereocenters. The van der Waals surface area contributed by atoms with Crippen LogP contribution >= 0.6 is 22.9 Å². The van der Waals surface area contributed by atoms with Crippen LogP contribution in [0.15, 0.2) is 24.4 Å². The van der Waals surface area contributed by atoms with Crippen molar-refractivity contribution < 1.29 is 9.18 Å². The lowest BCUT2D eigenvalue weighted by Crippen LogP contribution is -2.14. The maximum Gasteiger partial charge on any atom is 0.228 e. The van der Waals surface area contributed by atoms with Crippen molar-refractivity contribution in [1.82, 2.24) is 9.97 Å². The van der Waals surface area contributed by atoms with E-state index >= 15 is 0 Å². The smallest absolute Gasteiger partial charge is 0.228 e. The molecule has 1 N–H and O–H groups in total. The Morgan fingerprint density at radius 1 is 1.44 bits per heavy atom. The molecule has 0 atom stereocenters. The van der Waals surface area contributed by atoms with Gasteiger partial charge in [-0.3, -0.25) is 4.79 Å². The minimum Gasteiger partial charge on any atom is -0.309 e. The van der Waals surface area contributed by atoms with Gasteiger partial charge in [0, 0.05) is 11.5 Å². The van der Waals surface area contributed by atoms with Crippen LogP contribution in [-0.4, -0.2) is 15.9 Å². The zero-order chi connectivity index (χ0) is 17.6. The van der Waals surface area contributed by atoms with Gasteiger partial charge in [-0.1, -0.05) is 17.7 Å². The molecule has 1 saturated carbocycles. The molecular weight excluding hydrogens is 363 g/mol. The van der Waals surface area contributed by atoms with Crippen molar-refractivity contribution in [3.8, 4) is 16.6 Å². The first-order valence-electron chi connectivity index (χ1n) is 7.53. The highest BCUT2D eigenvalue weighted by molar-refractivity contribution is 7.22.